The Bertz CT molecular complexity index is 1300. The lowest BCUT2D eigenvalue weighted by molar-refractivity contribution is -0.127. The van der Waals surface area contributed by atoms with Crippen LogP contribution in [0.25, 0.3) is 31.7 Å². The van der Waals surface area contributed by atoms with Crippen LogP contribution < -0.4 is 0 Å². The molecular formula is C24H22N4OS2. The van der Waals surface area contributed by atoms with Gasteiger partial charge in [-0.3, -0.25) is 4.79 Å². The van der Waals surface area contributed by atoms with Crippen molar-refractivity contribution in [2.75, 3.05) is 18.8 Å². The van der Waals surface area contributed by atoms with Crippen LogP contribution in [-0.2, 0) is 17.6 Å². The Morgan fingerprint density at radius 2 is 1.84 bits per heavy atom. The van der Waals surface area contributed by atoms with Crippen LogP contribution in [0, 0.1) is 0 Å². The second-order valence-electron chi connectivity index (χ2n) is 8.15. The van der Waals surface area contributed by atoms with Crippen molar-refractivity contribution in [2.24, 2.45) is 0 Å². The van der Waals surface area contributed by atoms with Crippen LogP contribution in [0.2, 0.25) is 0 Å². The Hall–Kier alpha value is -2.51. The minimum atomic E-state index is 0.209. The number of aryl methyl sites for hydroxylation is 1. The van der Waals surface area contributed by atoms with Crippen molar-refractivity contribution in [2.45, 2.75) is 37.1 Å². The molecule has 1 saturated heterocycles. The summed E-state index contributed by atoms with van der Waals surface area (Å²) in [4.78, 5) is 29.9. The van der Waals surface area contributed by atoms with Gasteiger partial charge in [-0.25, -0.2) is 15.0 Å². The number of rotatable bonds is 4. The number of thiophene rings is 1. The van der Waals surface area contributed by atoms with Crippen LogP contribution in [0.1, 0.15) is 30.4 Å². The predicted molar refractivity (Wildman–Crippen MR) is 127 cm³/mol. The average Bonchev–Trinajstić information content (AvgIpc) is 3.56. The molecular weight excluding hydrogens is 424 g/mol. The quantitative estimate of drug-likeness (QED) is 0.322. The minimum Gasteiger partial charge on any atom is -0.342 e. The maximum Gasteiger partial charge on any atom is 0.232 e. The lowest BCUT2D eigenvalue weighted by Crippen LogP contribution is -2.29. The van der Waals surface area contributed by atoms with Gasteiger partial charge in [0.15, 0.2) is 0 Å². The summed E-state index contributed by atoms with van der Waals surface area (Å²) in [6.45, 7) is 1.78. The second-order valence-corrected chi connectivity index (χ2v) is 10.1. The summed E-state index contributed by atoms with van der Waals surface area (Å²) in [7, 11) is 0. The van der Waals surface area contributed by atoms with E-state index < -0.39 is 0 Å². The van der Waals surface area contributed by atoms with Crippen molar-refractivity contribution >= 4 is 49.4 Å². The van der Waals surface area contributed by atoms with Crippen LogP contribution in [0.5, 0.6) is 0 Å². The molecule has 156 valence electrons. The van der Waals surface area contributed by atoms with E-state index >= 15 is 0 Å². The molecule has 0 spiro atoms. The normalized spacial score (nSPS) is 15.8. The van der Waals surface area contributed by atoms with E-state index in [0.29, 0.717) is 5.75 Å². The first-order chi connectivity index (χ1) is 15.3. The van der Waals surface area contributed by atoms with Crippen LogP contribution in [0.3, 0.4) is 0 Å². The van der Waals surface area contributed by atoms with Crippen LogP contribution in [0.4, 0.5) is 0 Å². The van der Waals surface area contributed by atoms with Crippen molar-refractivity contribution in [3.63, 3.8) is 0 Å². The number of benzene rings is 1. The Morgan fingerprint density at radius 3 is 2.68 bits per heavy atom. The topological polar surface area (TPSA) is 59.0 Å². The van der Waals surface area contributed by atoms with E-state index in [9.17, 15) is 4.79 Å². The average molecular weight is 447 g/mol. The van der Waals surface area contributed by atoms with Gasteiger partial charge in [0, 0.05) is 24.0 Å². The van der Waals surface area contributed by atoms with Gasteiger partial charge in [-0.05, 0) is 43.2 Å². The zero-order valence-electron chi connectivity index (χ0n) is 17.1. The van der Waals surface area contributed by atoms with Crippen molar-refractivity contribution in [3.05, 3.63) is 47.8 Å². The number of fused-ring (bicyclic) bond motifs is 5. The van der Waals surface area contributed by atoms with E-state index in [1.54, 1.807) is 17.7 Å². The van der Waals surface area contributed by atoms with Crippen molar-refractivity contribution < 1.29 is 4.79 Å². The van der Waals surface area contributed by atoms with Crippen molar-refractivity contribution in [1.29, 1.82) is 0 Å². The van der Waals surface area contributed by atoms with Gasteiger partial charge >= 0.3 is 0 Å². The molecule has 1 fully saturated rings. The molecule has 6 rings (SSSR count). The molecule has 5 nitrogen and oxygen atoms in total. The maximum absolute atomic E-state index is 12.5. The van der Waals surface area contributed by atoms with Gasteiger partial charge in [0.25, 0.3) is 0 Å². The molecule has 1 aromatic carbocycles. The maximum atomic E-state index is 12.5. The molecule has 31 heavy (non-hydrogen) atoms. The highest BCUT2D eigenvalue weighted by atomic mass is 32.2. The number of hydrogen-bond acceptors (Lipinski definition) is 6. The van der Waals surface area contributed by atoms with Gasteiger partial charge in [0.05, 0.1) is 21.7 Å². The number of likely N-dealkylation sites (tertiary alicyclic amines) is 1. The van der Waals surface area contributed by atoms with Crippen LogP contribution >= 0.6 is 23.1 Å². The van der Waals surface area contributed by atoms with E-state index in [1.807, 2.05) is 11.0 Å². The number of carbonyl (C=O) groups excluding carboxylic acids is 1. The SMILES string of the molecule is O=C(CSc1ncnc2c1sc1nc(-c3ccccc3)c3c(c12)CCC3)N1CCCC1. The van der Waals surface area contributed by atoms with E-state index in [2.05, 4.69) is 34.2 Å². The highest BCUT2D eigenvalue weighted by Crippen LogP contribution is 2.43. The van der Waals surface area contributed by atoms with Crippen molar-refractivity contribution in [3.8, 4) is 11.3 Å². The highest BCUT2D eigenvalue weighted by Gasteiger charge is 2.25. The third-order valence-electron chi connectivity index (χ3n) is 6.28. The van der Waals surface area contributed by atoms with E-state index in [4.69, 9.17) is 4.98 Å². The van der Waals surface area contributed by atoms with Gasteiger partial charge in [-0.15, -0.1) is 11.3 Å². The molecule has 1 aliphatic heterocycles. The van der Waals surface area contributed by atoms with Crippen molar-refractivity contribution in [1.82, 2.24) is 19.9 Å². The van der Waals surface area contributed by atoms with Gasteiger partial charge in [-0.2, -0.15) is 0 Å². The predicted octanol–water partition coefficient (Wildman–Crippen LogP) is 5.11. The molecule has 1 aliphatic carbocycles. The molecule has 2 aliphatic rings. The fraction of sp³-hybridized carbons (Fsp3) is 0.333. The first-order valence-corrected chi connectivity index (χ1v) is 12.6. The van der Waals surface area contributed by atoms with Gasteiger partial charge in [-0.1, -0.05) is 42.1 Å². The number of pyridine rings is 1. The monoisotopic (exact) mass is 446 g/mol. The molecule has 3 aromatic heterocycles. The van der Waals surface area contributed by atoms with Gasteiger partial charge in [0.1, 0.15) is 16.2 Å². The fourth-order valence-corrected chi connectivity index (χ4v) is 6.94. The largest absolute Gasteiger partial charge is 0.342 e. The Balaban J connectivity index is 1.44. The number of hydrogen-bond donors (Lipinski definition) is 0. The fourth-order valence-electron chi connectivity index (χ4n) is 4.80. The summed E-state index contributed by atoms with van der Waals surface area (Å²) in [6, 6.07) is 10.5. The smallest absolute Gasteiger partial charge is 0.232 e. The zero-order chi connectivity index (χ0) is 20.8. The molecule has 0 bridgehead atoms. The molecule has 0 unspecified atom stereocenters. The molecule has 0 saturated carbocycles. The number of aromatic nitrogens is 3. The molecule has 0 radical (unpaired) electrons. The Labute approximate surface area is 188 Å². The zero-order valence-corrected chi connectivity index (χ0v) is 18.8. The minimum absolute atomic E-state index is 0.209. The third kappa shape index (κ3) is 3.31. The summed E-state index contributed by atoms with van der Waals surface area (Å²) in [6.07, 6.45) is 7.17. The molecule has 4 aromatic rings. The summed E-state index contributed by atoms with van der Waals surface area (Å²) < 4.78 is 1.06. The molecule has 7 heteroatoms. The third-order valence-corrected chi connectivity index (χ3v) is 8.46. The second kappa shape index (κ2) is 7.88. The molecule has 1 amide bonds. The summed E-state index contributed by atoms with van der Waals surface area (Å²) >= 11 is 3.20. The van der Waals surface area contributed by atoms with E-state index in [0.717, 1.165) is 71.0 Å². The standard InChI is InChI=1S/C24H22N4OS2/c29-18(28-11-4-5-12-28)13-30-24-22-21(25-14-26-24)19-16-9-6-10-17(16)20(27-23(19)31-22)15-7-2-1-3-8-15/h1-3,7-8,14H,4-6,9-13H2. The summed E-state index contributed by atoms with van der Waals surface area (Å²) in [5, 5.41) is 2.09. The first kappa shape index (κ1) is 19.2. The van der Waals surface area contributed by atoms with E-state index in [1.165, 1.54) is 33.8 Å². The van der Waals surface area contributed by atoms with Gasteiger partial charge in [0.2, 0.25) is 5.91 Å². The number of nitrogens with zero attached hydrogens (tertiary/aromatic N) is 4. The Kier molecular flexibility index (Phi) is 4.88. The summed E-state index contributed by atoms with van der Waals surface area (Å²) in [5.74, 6) is 0.641. The number of thioether (sulfide) groups is 1. The molecule has 0 atom stereocenters. The van der Waals surface area contributed by atoms with Crippen LogP contribution in [-0.4, -0.2) is 44.6 Å². The number of carbonyl (C=O) groups is 1. The Morgan fingerprint density at radius 1 is 1.03 bits per heavy atom. The molecule has 4 heterocycles. The first-order valence-electron chi connectivity index (χ1n) is 10.8. The van der Waals surface area contributed by atoms with E-state index in [-0.39, 0.29) is 5.91 Å². The highest BCUT2D eigenvalue weighted by molar-refractivity contribution is 8.00. The summed E-state index contributed by atoms with van der Waals surface area (Å²) in [5.41, 5.74) is 6.06. The van der Waals surface area contributed by atoms with Gasteiger partial charge < -0.3 is 4.90 Å². The molecule has 0 N–H and O–H groups in total. The number of amides is 1. The van der Waals surface area contributed by atoms with Crippen LogP contribution in [0.15, 0.2) is 41.7 Å². The lowest BCUT2D eigenvalue weighted by atomic mass is 10.0. The lowest BCUT2D eigenvalue weighted by Gasteiger charge is -2.14.